The van der Waals surface area contributed by atoms with E-state index in [1.807, 2.05) is 0 Å². The lowest BCUT2D eigenvalue weighted by molar-refractivity contribution is -0.401. The van der Waals surface area contributed by atoms with Gasteiger partial charge in [-0.25, -0.2) is 0 Å². The monoisotopic (exact) mass is 1850 g/mol. The third-order valence-corrected chi connectivity index (χ3v) is 23.7. The van der Waals surface area contributed by atoms with Crippen LogP contribution in [-0.2, 0) is 109 Å². The number of carbonyl (C=O) groups excluding carboxylic acids is 2. The SMILES string of the molecule is CC(=O)N[C@@H]1[C@@H](O[C@@H]2O[C@H](CO[C@@H]3O[C@H](CO)[C@@H](O[C@@H]4O[C@H](CO)[C@H](O[C@H]5O[C@H](CO)[C@H](O)[C@H](O[C@H]6O[C@H](CO)[C@H](O)[C@H](O)[C@H]6O[C@@H]6O[C@@H](C)[C@@H](O)[C@@H](O)[C@@H]6O)[C@H]5O)[C@H](O)[C@H]4O)[C@H](O)[C@H]3NC(C)=O)[C@H](O)[C@H](O[C@@H]3O[C@H](CO)[C@H](O[C@H]4O[C@H](CO)[C@H](O)[C@H](O[C@H]5O[C@H](CO)[C@H](O)[C@H](O)[C@H]5O[C@@H]5O[C@@H](C)[C@@H](O)[C@@H](O)[C@@H]5O)[C@H]4O)[C@H](O)[C@H]3O)[C@H]2O)[C@@H](O)[C@@H](CO)O[C@@H]1O. The number of amides is 2. The van der Waals surface area contributed by atoms with E-state index in [2.05, 4.69) is 10.6 Å². The van der Waals surface area contributed by atoms with Crippen LogP contribution in [0.25, 0.3) is 0 Å². The van der Waals surface area contributed by atoms with Gasteiger partial charge in [-0.05, 0) is 13.8 Å². The van der Waals surface area contributed by atoms with Gasteiger partial charge in [-0.3, -0.25) is 9.59 Å². The maximum atomic E-state index is 13.1. The van der Waals surface area contributed by atoms with Crippen LogP contribution in [-0.4, -0.2) is 567 Å². The summed E-state index contributed by atoms with van der Waals surface area (Å²) in [6, 6.07) is -3.72. The van der Waals surface area contributed by atoms with E-state index in [1.165, 1.54) is 13.8 Å². The molecule has 0 aromatic carbocycles. The quantitative estimate of drug-likeness (QED) is 0.0306. The summed E-state index contributed by atoms with van der Waals surface area (Å²) in [6.07, 6.45) is -109. The average molecular weight is 1850 g/mol. The van der Waals surface area contributed by atoms with Crippen LogP contribution in [0.4, 0.5) is 0 Å². The summed E-state index contributed by atoms with van der Waals surface area (Å²) in [5.41, 5.74) is 0. The summed E-state index contributed by atoms with van der Waals surface area (Å²) < 4.78 is 122. The van der Waals surface area contributed by atoms with Crippen molar-refractivity contribution >= 4 is 11.8 Å². The lowest BCUT2D eigenvalue weighted by Gasteiger charge is -2.50. The molecule has 2 amide bonds. The molecule has 732 valence electrons. The van der Waals surface area contributed by atoms with Crippen LogP contribution in [0.1, 0.15) is 27.7 Å². The Hall–Kier alpha value is -3.14. The Morgan fingerprint density at radius 2 is 0.468 bits per heavy atom. The third kappa shape index (κ3) is 21.9. The van der Waals surface area contributed by atoms with Crippen molar-refractivity contribution in [2.45, 2.75) is 365 Å². The number of ether oxygens (including phenoxy) is 21. The minimum atomic E-state index is -2.50. The van der Waals surface area contributed by atoms with E-state index in [9.17, 15) is 168 Å². The fourth-order valence-electron chi connectivity index (χ4n) is 16.5. The van der Waals surface area contributed by atoms with Crippen LogP contribution < -0.4 is 10.6 Å². The molecule has 0 saturated carbocycles. The summed E-state index contributed by atoms with van der Waals surface area (Å²) in [6.45, 7) is -5.58. The first-order valence-electron chi connectivity index (χ1n) is 40.4. The molecular weight excluding hydrogens is 1730 g/mol. The van der Waals surface area contributed by atoms with Crippen LogP contribution in [0.3, 0.4) is 0 Å². The van der Waals surface area contributed by atoms with Crippen molar-refractivity contribution in [3.8, 4) is 0 Å². The highest BCUT2D eigenvalue weighted by molar-refractivity contribution is 5.73. The molecule has 56 heteroatoms. The first-order valence-corrected chi connectivity index (χ1v) is 40.4. The fourth-order valence-corrected chi connectivity index (χ4v) is 16.5. The summed E-state index contributed by atoms with van der Waals surface area (Å²) in [7, 11) is 0. The molecule has 11 saturated heterocycles. The van der Waals surface area contributed by atoms with Gasteiger partial charge in [-0.15, -0.1) is 0 Å². The molecule has 55 atom stereocenters. The van der Waals surface area contributed by atoms with Crippen molar-refractivity contribution in [3.63, 3.8) is 0 Å². The molecule has 0 aromatic heterocycles. The molecule has 11 fully saturated rings. The zero-order chi connectivity index (χ0) is 92.5. The standard InChI is InChI=1S/C70H118N2O54/c1-14-29(83)38(92)44(98)62(107-14)125-58-40(94)31(85)18(5-73)112-69(58)123-55-34(88)21(8-76)110-66(48(55)102)119-52-24(11-79)115-64(46(100)42(52)96)118-51-23(10-78)114-61(27(37(51)91)71-16(3)81)106-13-26-36(90)57(50(104)68(117-26)121-54-28(72-17(4)82)60(105)109-20(7-75)33(54)87)122-65-47(101)43(97)53(25(12-80)116-65)120-67-49(103)56(35(89)22(9-77)111-67)124-70-59(41(95)32(86)19(6-74)113-70)126-63-45(99)39(93)30(84)15(2)108-63/h14-15,18-70,73-80,83-105H,5-13H2,1-4H3,(H,71,81)(H,72,82)/t14-,15-,18+,19+,20+,21+,22+,23+,24+,25+,26+,27+,28+,29+,30+,31-,32-,33-,34-,35-,36-,37+,38+,39+,40-,41-,42+,43+,44-,45-,46+,47+,48+,49+,50+,51+,52-,53-,54+,55-,56-,57-,58+,59+,60-,61+,62-,63-,64-,65-,66+,67+,68-,69+,70+/m0/s1. The number of hydrogen-bond acceptors (Lipinski definition) is 54. The summed E-state index contributed by atoms with van der Waals surface area (Å²) >= 11 is 0. The lowest BCUT2D eigenvalue weighted by Crippen LogP contribution is -2.69. The van der Waals surface area contributed by atoms with Crippen molar-refractivity contribution in [1.29, 1.82) is 0 Å². The molecular formula is C70H118N2O54. The second-order valence-electron chi connectivity index (χ2n) is 32.3. The number of rotatable bonds is 31. The molecule has 11 rings (SSSR count). The van der Waals surface area contributed by atoms with Crippen molar-refractivity contribution in [1.82, 2.24) is 10.6 Å². The second-order valence-corrected chi connectivity index (χ2v) is 32.3. The van der Waals surface area contributed by atoms with Gasteiger partial charge in [0, 0.05) is 13.8 Å². The van der Waals surface area contributed by atoms with Gasteiger partial charge in [0.2, 0.25) is 11.8 Å². The molecule has 11 heterocycles. The maximum absolute atomic E-state index is 13.1. The van der Waals surface area contributed by atoms with E-state index in [4.69, 9.17) is 99.5 Å². The third-order valence-electron chi connectivity index (χ3n) is 23.7. The Morgan fingerprint density at radius 1 is 0.222 bits per heavy atom. The minimum Gasteiger partial charge on any atom is -0.394 e. The number of aliphatic hydroxyl groups excluding tert-OH is 31. The number of aliphatic hydroxyl groups is 31. The molecule has 0 spiro atoms. The molecule has 11 aliphatic heterocycles. The van der Waals surface area contributed by atoms with Gasteiger partial charge in [0.05, 0.1) is 71.7 Å². The fraction of sp³-hybridized carbons (Fsp3) is 0.971. The van der Waals surface area contributed by atoms with E-state index < -0.39 is 409 Å². The Kier molecular flexibility index (Phi) is 36.6. The van der Waals surface area contributed by atoms with Gasteiger partial charge in [-0.2, -0.15) is 0 Å². The largest absolute Gasteiger partial charge is 0.394 e. The highest BCUT2D eigenvalue weighted by Gasteiger charge is 2.62. The van der Waals surface area contributed by atoms with E-state index in [0.717, 1.165) is 13.8 Å². The number of hydrogen-bond donors (Lipinski definition) is 33. The molecule has 126 heavy (non-hydrogen) atoms. The number of carbonyl (C=O) groups is 2. The van der Waals surface area contributed by atoms with Crippen LogP contribution in [0.5, 0.6) is 0 Å². The van der Waals surface area contributed by atoms with E-state index >= 15 is 0 Å². The smallest absolute Gasteiger partial charge is 0.217 e. The van der Waals surface area contributed by atoms with Crippen LogP contribution in [0, 0.1) is 0 Å². The van der Waals surface area contributed by atoms with Crippen LogP contribution >= 0.6 is 0 Å². The van der Waals surface area contributed by atoms with Gasteiger partial charge in [0.1, 0.15) is 256 Å². The van der Waals surface area contributed by atoms with Crippen molar-refractivity contribution < 1.29 is 267 Å². The molecule has 11 aliphatic rings. The predicted octanol–water partition coefficient (Wildman–Crippen LogP) is -22.6. The molecule has 0 unspecified atom stereocenters. The lowest BCUT2D eigenvalue weighted by atomic mass is 9.94. The summed E-state index contributed by atoms with van der Waals surface area (Å²) in [5, 5.41) is 349. The number of nitrogens with one attached hydrogen (secondary N) is 2. The van der Waals surface area contributed by atoms with Gasteiger partial charge >= 0.3 is 0 Å². The van der Waals surface area contributed by atoms with Gasteiger partial charge < -0.3 is 268 Å². The van der Waals surface area contributed by atoms with E-state index in [1.54, 1.807) is 0 Å². The zero-order valence-electron chi connectivity index (χ0n) is 67.4. The molecule has 0 radical (unpaired) electrons. The Balaban J connectivity index is 0.789. The van der Waals surface area contributed by atoms with Crippen molar-refractivity contribution in [3.05, 3.63) is 0 Å². The Labute approximate surface area is 712 Å². The van der Waals surface area contributed by atoms with Crippen LogP contribution in [0.2, 0.25) is 0 Å². The molecule has 0 aromatic rings. The normalized spacial score (nSPS) is 52.3. The zero-order valence-corrected chi connectivity index (χ0v) is 67.4. The highest BCUT2D eigenvalue weighted by Crippen LogP contribution is 2.42. The summed E-state index contributed by atoms with van der Waals surface area (Å²) in [4.78, 5) is 25.6. The first-order chi connectivity index (χ1) is 59.6. The molecule has 56 nitrogen and oxygen atoms in total. The maximum Gasteiger partial charge on any atom is 0.217 e. The highest BCUT2D eigenvalue weighted by atomic mass is 16.8. The van der Waals surface area contributed by atoms with Gasteiger partial charge in [0.25, 0.3) is 0 Å². The first kappa shape index (κ1) is 103. The van der Waals surface area contributed by atoms with Gasteiger partial charge in [0.15, 0.2) is 69.2 Å². The minimum absolute atomic E-state index is 0.884. The van der Waals surface area contributed by atoms with Gasteiger partial charge in [-0.1, -0.05) is 0 Å². The van der Waals surface area contributed by atoms with Crippen LogP contribution in [0.15, 0.2) is 0 Å². The van der Waals surface area contributed by atoms with Crippen molar-refractivity contribution in [2.24, 2.45) is 0 Å². The van der Waals surface area contributed by atoms with Crippen molar-refractivity contribution in [2.75, 3.05) is 59.5 Å². The Morgan fingerprint density at radius 3 is 0.841 bits per heavy atom. The average Bonchev–Trinajstić information content (AvgIpc) is 0.777. The Bertz CT molecular complexity index is 3350. The molecule has 0 bridgehead atoms. The second kappa shape index (κ2) is 44.6. The van der Waals surface area contributed by atoms with E-state index in [0.29, 0.717) is 0 Å². The topological polar surface area (TPSA) is 879 Å². The predicted molar refractivity (Wildman–Crippen MR) is 383 cm³/mol. The molecule has 0 aliphatic carbocycles. The summed E-state index contributed by atoms with van der Waals surface area (Å²) in [5.74, 6) is -1.85. The molecule has 33 N–H and O–H groups in total. The van der Waals surface area contributed by atoms with E-state index in [-0.39, 0.29) is 0 Å².